The van der Waals surface area contributed by atoms with Gasteiger partial charge in [-0.15, -0.1) is 11.3 Å². The fraction of sp³-hybridized carbons (Fsp3) is 0.583. The molecule has 2 aromatic heterocycles. The first kappa shape index (κ1) is 11.0. The second-order valence-corrected chi connectivity index (χ2v) is 5.36. The van der Waals surface area contributed by atoms with Crippen LogP contribution in [0.2, 0.25) is 0 Å². The molecule has 0 bridgehead atoms. The van der Waals surface area contributed by atoms with E-state index < -0.39 is 0 Å². The number of nitrogens with one attached hydrogen (secondary N) is 1. The van der Waals surface area contributed by atoms with Crippen LogP contribution in [0.1, 0.15) is 31.4 Å². The van der Waals surface area contributed by atoms with Gasteiger partial charge in [0.2, 0.25) is 5.88 Å². The number of imidazole rings is 1. The van der Waals surface area contributed by atoms with Crippen LogP contribution in [0.25, 0.3) is 4.96 Å². The van der Waals surface area contributed by atoms with Crippen LogP contribution >= 0.6 is 11.3 Å². The van der Waals surface area contributed by atoms with Crippen molar-refractivity contribution in [2.45, 2.75) is 38.3 Å². The molecular formula is C12H17N3OS. The van der Waals surface area contributed by atoms with Crippen molar-refractivity contribution in [3.05, 3.63) is 17.3 Å². The first-order chi connectivity index (χ1) is 8.38. The molecule has 3 rings (SSSR count). The minimum absolute atomic E-state index is 0.670. The molecule has 5 heteroatoms. The van der Waals surface area contributed by atoms with E-state index in [1.807, 2.05) is 0 Å². The topological polar surface area (TPSA) is 38.6 Å². The van der Waals surface area contributed by atoms with Gasteiger partial charge in [-0.1, -0.05) is 12.8 Å². The Labute approximate surface area is 105 Å². The Morgan fingerprint density at radius 3 is 3.12 bits per heavy atom. The molecule has 92 valence electrons. The summed E-state index contributed by atoms with van der Waals surface area (Å²) < 4.78 is 7.46. The lowest BCUT2D eigenvalue weighted by molar-refractivity contribution is 0.390. The number of nitrogens with zero attached hydrogens (tertiary/aromatic N) is 2. The first-order valence-electron chi connectivity index (χ1n) is 6.10. The highest BCUT2D eigenvalue weighted by Gasteiger charge is 2.17. The second-order valence-electron chi connectivity index (χ2n) is 4.49. The van der Waals surface area contributed by atoms with Gasteiger partial charge in [-0.3, -0.25) is 4.40 Å². The molecule has 0 aliphatic heterocycles. The van der Waals surface area contributed by atoms with Crippen molar-refractivity contribution in [2.24, 2.45) is 0 Å². The van der Waals surface area contributed by atoms with Crippen molar-refractivity contribution >= 4 is 16.3 Å². The molecule has 0 amide bonds. The quantitative estimate of drug-likeness (QED) is 0.907. The number of aromatic nitrogens is 2. The van der Waals surface area contributed by atoms with E-state index in [9.17, 15) is 0 Å². The number of hydrogen-bond donors (Lipinski definition) is 1. The fourth-order valence-corrected chi connectivity index (χ4v) is 3.23. The van der Waals surface area contributed by atoms with Crippen LogP contribution in [0, 0.1) is 0 Å². The van der Waals surface area contributed by atoms with Gasteiger partial charge in [0.1, 0.15) is 5.69 Å². The monoisotopic (exact) mass is 251 g/mol. The lowest BCUT2D eigenvalue weighted by Gasteiger charge is -2.11. The number of rotatable bonds is 4. The molecule has 0 atom stereocenters. The van der Waals surface area contributed by atoms with E-state index in [0.29, 0.717) is 6.04 Å². The van der Waals surface area contributed by atoms with E-state index in [1.165, 1.54) is 25.7 Å². The highest BCUT2D eigenvalue weighted by atomic mass is 32.1. The highest BCUT2D eigenvalue weighted by Crippen LogP contribution is 2.24. The number of methoxy groups -OCH3 is 1. The van der Waals surface area contributed by atoms with Gasteiger partial charge >= 0.3 is 0 Å². The molecule has 4 nitrogen and oxygen atoms in total. The van der Waals surface area contributed by atoms with Gasteiger partial charge in [0.05, 0.1) is 7.11 Å². The molecule has 0 radical (unpaired) electrons. The van der Waals surface area contributed by atoms with Gasteiger partial charge in [0, 0.05) is 24.2 Å². The van der Waals surface area contributed by atoms with Crippen LogP contribution in [0.15, 0.2) is 11.6 Å². The van der Waals surface area contributed by atoms with Crippen molar-refractivity contribution in [3.8, 4) is 5.88 Å². The molecular weight excluding hydrogens is 234 g/mol. The Balaban J connectivity index is 1.79. The van der Waals surface area contributed by atoms with E-state index in [0.717, 1.165) is 23.1 Å². The maximum Gasteiger partial charge on any atom is 0.237 e. The predicted octanol–water partition coefficient (Wildman–Crippen LogP) is 2.44. The van der Waals surface area contributed by atoms with E-state index in [2.05, 4.69) is 26.3 Å². The second kappa shape index (κ2) is 4.66. The lowest BCUT2D eigenvalue weighted by Crippen LogP contribution is -2.26. The summed E-state index contributed by atoms with van der Waals surface area (Å²) in [5, 5.41) is 5.66. The van der Waals surface area contributed by atoms with Crippen molar-refractivity contribution in [2.75, 3.05) is 7.11 Å². The Morgan fingerprint density at radius 2 is 2.35 bits per heavy atom. The van der Waals surface area contributed by atoms with Crippen molar-refractivity contribution in [3.63, 3.8) is 0 Å². The van der Waals surface area contributed by atoms with E-state index >= 15 is 0 Å². The number of ether oxygens (including phenoxy) is 1. The average molecular weight is 251 g/mol. The molecule has 1 N–H and O–H groups in total. The normalized spacial score (nSPS) is 17.0. The van der Waals surface area contributed by atoms with Gasteiger partial charge < -0.3 is 10.1 Å². The molecule has 1 fully saturated rings. The standard InChI is InChI=1S/C12H17N3OS/c1-16-11-10(8-13-9-4-2-3-5-9)15-6-7-17-12(15)14-11/h6-7,9,13H,2-5,8H2,1H3. The minimum Gasteiger partial charge on any atom is -0.480 e. The summed E-state index contributed by atoms with van der Waals surface area (Å²) in [4.78, 5) is 5.46. The summed E-state index contributed by atoms with van der Waals surface area (Å²) in [7, 11) is 1.69. The SMILES string of the molecule is COc1nc2sccn2c1CNC1CCCC1. The van der Waals surface area contributed by atoms with Crippen LogP contribution in [-0.4, -0.2) is 22.5 Å². The van der Waals surface area contributed by atoms with E-state index in [1.54, 1.807) is 18.4 Å². The molecule has 1 saturated carbocycles. The molecule has 1 aliphatic carbocycles. The summed E-state index contributed by atoms with van der Waals surface area (Å²) in [5.41, 5.74) is 1.13. The Hall–Kier alpha value is -1.07. The van der Waals surface area contributed by atoms with Gasteiger partial charge in [0.15, 0.2) is 4.96 Å². The smallest absolute Gasteiger partial charge is 0.237 e. The maximum atomic E-state index is 5.34. The summed E-state index contributed by atoms with van der Waals surface area (Å²) >= 11 is 1.64. The Bertz CT molecular complexity index is 499. The first-order valence-corrected chi connectivity index (χ1v) is 6.98. The van der Waals surface area contributed by atoms with Crippen LogP contribution in [0.3, 0.4) is 0 Å². The summed E-state index contributed by atoms with van der Waals surface area (Å²) in [6.07, 6.45) is 7.37. The molecule has 0 spiro atoms. The maximum absolute atomic E-state index is 5.34. The van der Waals surface area contributed by atoms with Gasteiger partial charge in [-0.05, 0) is 12.8 Å². The van der Waals surface area contributed by atoms with E-state index in [-0.39, 0.29) is 0 Å². The van der Waals surface area contributed by atoms with E-state index in [4.69, 9.17) is 4.74 Å². The lowest BCUT2D eigenvalue weighted by atomic mass is 10.2. The number of thiazole rings is 1. The fourth-order valence-electron chi connectivity index (χ4n) is 2.51. The van der Waals surface area contributed by atoms with Crippen molar-refractivity contribution < 1.29 is 4.74 Å². The van der Waals surface area contributed by atoms with Crippen LogP contribution in [0.5, 0.6) is 5.88 Å². The zero-order chi connectivity index (χ0) is 11.7. The zero-order valence-corrected chi connectivity index (χ0v) is 10.8. The van der Waals surface area contributed by atoms with Crippen molar-refractivity contribution in [1.82, 2.24) is 14.7 Å². The third-order valence-corrected chi connectivity index (χ3v) is 4.19. The third kappa shape index (κ3) is 2.05. The van der Waals surface area contributed by atoms with Gasteiger partial charge in [0.25, 0.3) is 0 Å². The van der Waals surface area contributed by atoms with Gasteiger partial charge in [-0.2, -0.15) is 4.98 Å². The Kier molecular flexibility index (Phi) is 3.03. The van der Waals surface area contributed by atoms with Gasteiger partial charge in [-0.25, -0.2) is 0 Å². The third-order valence-electron chi connectivity index (χ3n) is 3.43. The zero-order valence-electron chi connectivity index (χ0n) is 9.98. The molecule has 0 unspecified atom stereocenters. The Morgan fingerprint density at radius 1 is 1.53 bits per heavy atom. The minimum atomic E-state index is 0.670. The molecule has 1 aliphatic rings. The summed E-state index contributed by atoms with van der Waals surface area (Å²) in [5.74, 6) is 0.752. The largest absolute Gasteiger partial charge is 0.480 e. The average Bonchev–Trinajstić information content (AvgIpc) is 3.03. The number of hydrogen-bond acceptors (Lipinski definition) is 4. The van der Waals surface area contributed by atoms with Crippen molar-refractivity contribution in [1.29, 1.82) is 0 Å². The van der Waals surface area contributed by atoms with Crippen LogP contribution in [-0.2, 0) is 6.54 Å². The molecule has 17 heavy (non-hydrogen) atoms. The highest BCUT2D eigenvalue weighted by molar-refractivity contribution is 7.15. The predicted molar refractivity (Wildman–Crippen MR) is 68.7 cm³/mol. The van der Waals surface area contributed by atoms with Crippen LogP contribution < -0.4 is 10.1 Å². The number of fused-ring (bicyclic) bond motifs is 1. The van der Waals surface area contributed by atoms with Crippen LogP contribution in [0.4, 0.5) is 0 Å². The summed E-state index contributed by atoms with van der Waals surface area (Å²) in [6, 6.07) is 0.670. The molecule has 2 heterocycles. The molecule has 0 saturated heterocycles. The molecule has 2 aromatic rings. The molecule has 0 aromatic carbocycles. The summed E-state index contributed by atoms with van der Waals surface area (Å²) in [6.45, 7) is 0.839.